The Morgan fingerprint density at radius 3 is 1.05 bits per heavy atom. The maximum atomic E-state index is 2.42. The van der Waals surface area contributed by atoms with Crippen LogP contribution < -0.4 is 0 Å². The summed E-state index contributed by atoms with van der Waals surface area (Å²) in [6.45, 7) is 4.36. The van der Waals surface area contributed by atoms with Crippen LogP contribution in [0.2, 0.25) is 0 Å². The van der Waals surface area contributed by atoms with E-state index in [9.17, 15) is 0 Å². The van der Waals surface area contributed by atoms with Gasteiger partial charge in [0.05, 0.1) is 22.1 Å². The van der Waals surface area contributed by atoms with Crippen LogP contribution in [0.5, 0.6) is 0 Å². The summed E-state index contributed by atoms with van der Waals surface area (Å²) in [5.41, 5.74) is 12.2. The fourth-order valence-corrected chi connectivity index (χ4v) is 6.56. The number of aryl methyl sites for hydroxylation is 2. The molecule has 0 aliphatic carbocycles. The van der Waals surface area contributed by atoms with Gasteiger partial charge in [0.25, 0.3) is 0 Å². The van der Waals surface area contributed by atoms with Crippen molar-refractivity contribution in [3.8, 4) is 22.5 Å². The van der Waals surface area contributed by atoms with E-state index < -0.39 is 0 Å². The summed E-state index contributed by atoms with van der Waals surface area (Å²) >= 11 is 0. The molecular formula is C38H28N2. The van der Waals surface area contributed by atoms with Crippen LogP contribution in [0.3, 0.4) is 0 Å². The molecule has 0 fully saturated rings. The first-order chi connectivity index (χ1) is 19.7. The molecule has 0 saturated heterocycles. The van der Waals surface area contributed by atoms with Gasteiger partial charge < -0.3 is 9.13 Å². The highest BCUT2D eigenvalue weighted by Crippen LogP contribution is 2.37. The summed E-state index contributed by atoms with van der Waals surface area (Å²) in [5, 5.41) is 5.09. The second-order valence-corrected chi connectivity index (χ2v) is 10.9. The first kappa shape index (κ1) is 22.9. The Morgan fingerprint density at radius 1 is 0.350 bits per heavy atom. The van der Waals surface area contributed by atoms with E-state index >= 15 is 0 Å². The largest absolute Gasteiger partial charge is 0.309 e. The molecule has 0 radical (unpaired) electrons. The summed E-state index contributed by atoms with van der Waals surface area (Å²) < 4.78 is 4.85. The molecule has 0 spiro atoms. The second-order valence-electron chi connectivity index (χ2n) is 10.9. The molecule has 40 heavy (non-hydrogen) atoms. The zero-order valence-corrected chi connectivity index (χ0v) is 22.6. The van der Waals surface area contributed by atoms with Crippen molar-refractivity contribution >= 4 is 43.6 Å². The summed E-state index contributed by atoms with van der Waals surface area (Å²) in [5.74, 6) is 0. The molecule has 0 aliphatic rings. The average Bonchev–Trinajstić information content (AvgIpc) is 3.50. The van der Waals surface area contributed by atoms with Crippen molar-refractivity contribution < 1.29 is 0 Å². The number of hydrogen-bond acceptors (Lipinski definition) is 0. The molecule has 2 heterocycles. The van der Waals surface area contributed by atoms with Gasteiger partial charge in [0.15, 0.2) is 0 Å². The first-order valence-electron chi connectivity index (χ1n) is 13.9. The predicted octanol–water partition coefficient (Wildman–Crippen LogP) is 10.2. The Hall–Kier alpha value is -5.08. The van der Waals surface area contributed by atoms with E-state index in [4.69, 9.17) is 0 Å². The van der Waals surface area contributed by atoms with Gasteiger partial charge in [-0.15, -0.1) is 0 Å². The third-order valence-corrected chi connectivity index (χ3v) is 8.13. The lowest BCUT2D eigenvalue weighted by atomic mass is 9.99. The third-order valence-electron chi connectivity index (χ3n) is 8.13. The van der Waals surface area contributed by atoms with Gasteiger partial charge in [-0.05, 0) is 67.4 Å². The number of rotatable bonds is 3. The topological polar surface area (TPSA) is 9.86 Å². The minimum atomic E-state index is 1.16. The first-order valence-corrected chi connectivity index (χ1v) is 13.9. The molecule has 6 aromatic carbocycles. The molecule has 190 valence electrons. The molecule has 8 aromatic rings. The van der Waals surface area contributed by atoms with Crippen molar-refractivity contribution in [1.29, 1.82) is 0 Å². The van der Waals surface area contributed by atoms with Crippen molar-refractivity contribution in [3.63, 3.8) is 0 Å². The summed E-state index contributed by atoms with van der Waals surface area (Å²) in [6.07, 6.45) is 0. The highest BCUT2D eigenvalue weighted by atomic mass is 15.0. The highest BCUT2D eigenvalue weighted by molar-refractivity contribution is 6.10. The van der Waals surface area contributed by atoms with E-state index in [1.807, 2.05) is 0 Å². The van der Waals surface area contributed by atoms with Gasteiger partial charge in [-0.1, -0.05) is 102 Å². The quantitative estimate of drug-likeness (QED) is 0.223. The molecule has 0 aliphatic heterocycles. The van der Waals surface area contributed by atoms with Crippen LogP contribution in [0.1, 0.15) is 11.1 Å². The Morgan fingerprint density at radius 2 is 0.675 bits per heavy atom. The maximum Gasteiger partial charge on any atom is 0.0541 e. The highest BCUT2D eigenvalue weighted by Gasteiger charge is 2.17. The minimum Gasteiger partial charge on any atom is -0.309 e. The number of para-hydroxylation sites is 4. The zero-order valence-electron chi connectivity index (χ0n) is 22.6. The van der Waals surface area contributed by atoms with Crippen LogP contribution in [-0.2, 0) is 0 Å². The second kappa shape index (κ2) is 8.72. The number of fused-ring (bicyclic) bond motifs is 6. The molecule has 2 nitrogen and oxygen atoms in total. The number of aromatic nitrogens is 2. The molecule has 0 atom stereocenters. The summed E-state index contributed by atoms with van der Waals surface area (Å²) in [4.78, 5) is 0. The van der Waals surface area contributed by atoms with Crippen LogP contribution in [0, 0.1) is 13.8 Å². The third kappa shape index (κ3) is 3.43. The smallest absolute Gasteiger partial charge is 0.0541 e. The Labute approximate surface area is 233 Å². The fourth-order valence-electron chi connectivity index (χ4n) is 6.56. The van der Waals surface area contributed by atoms with E-state index in [2.05, 4.69) is 156 Å². The molecule has 0 unspecified atom stereocenters. The molecular weight excluding hydrogens is 484 g/mol. The lowest BCUT2D eigenvalue weighted by Gasteiger charge is -2.16. The molecule has 0 N–H and O–H groups in total. The minimum absolute atomic E-state index is 1.16. The monoisotopic (exact) mass is 512 g/mol. The Balaban J connectivity index is 1.51. The molecule has 0 saturated carbocycles. The van der Waals surface area contributed by atoms with Gasteiger partial charge in [0.2, 0.25) is 0 Å². The predicted molar refractivity (Wildman–Crippen MR) is 170 cm³/mol. The van der Waals surface area contributed by atoms with Gasteiger partial charge in [0.1, 0.15) is 0 Å². The van der Waals surface area contributed by atoms with Gasteiger partial charge in [0, 0.05) is 32.9 Å². The van der Waals surface area contributed by atoms with E-state index in [0.717, 1.165) is 11.4 Å². The van der Waals surface area contributed by atoms with Crippen LogP contribution >= 0.6 is 0 Å². The van der Waals surface area contributed by atoms with Crippen LogP contribution in [0.25, 0.3) is 66.1 Å². The average molecular weight is 513 g/mol. The van der Waals surface area contributed by atoms with Crippen molar-refractivity contribution in [2.75, 3.05) is 0 Å². The van der Waals surface area contributed by atoms with Crippen LogP contribution in [0.15, 0.2) is 133 Å². The van der Waals surface area contributed by atoms with Gasteiger partial charge in [-0.25, -0.2) is 0 Å². The lowest BCUT2D eigenvalue weighted by Crippen LogP contribution is -2.00. The maximum absolute atomic E-state index is 2.42. The lowest BCUT2D eigenvalue weighted by molar-refractivity contribution is 1.13. The molecule has 0 bridgehead atoms. The molecule has 2 heteroatoms. The summed E-state index contributed by atoms with van der Waals surface area (Å²) in [6, 6.07) is 48.9. The van der Waals surface area contributed by atoms with Crippen molar-refractivity contribution in [3.05, 3.63) is 145 Å². The number of nitrogens with zero attached hydrogens (tertiary/aromatic N) is 2. The van der Waals surface area contributed by atoms with E-state index in [-0.39, 0.29) is 0 Å². The van der Waals surface area contributed by atoms with Gasteiger partial charge in [-0.3, -0.25) is 0 Å². The van der Waals surface area contributed by atoms with Gasteiger partial charge in [-0.2, -0.15) is 0 Å². The standard InChI is InChI=1S/C38H28N2/c1-25-19-26(2)21-27(20-25)28-22-29(39-35-15-7-3-11-31(35)32-12-4-8-16-36(32)39)24-30(23-28)40-37-17-9-5-13-33(37)34-14-6-10-18-38(34)40/h3-24H,1-2H3. The number of benzene rings is 6. The van der Waals surface area contributed by atoms with Crippen LogP contribution in [-0.4, -0.2) is 9.13 Å². The normalized spacial score (nSPS) is 11.8. The van der Waals surface area contributed by atoms with Gasteiger partial charge >= 0.3 is 0 Å². The molecule has 2 aromatic heterocycles. The molecule has 8 rings (SSSR count). The Kier molecular flexibility index (Phi) is 4.99. The SMILES string of the molecule is Cc1cc(C)cc(-c2cc(-n3c4ccccc4c4ccccc43)cc(-n3c4ccccc4c4ccccc43)c2)c1. The van der Waals surface area contributed by atoms with Crippen LogP contribution in [0.4, 0.5) is 0 Å². The van der Waals surface area contributed by atoms with E-state index in [0.29, 0.717) is 0 Å². The van der Waals surface area contributed by atoms with E-state index in [1.54, 1.807) is 0 Å². The van der Waals surface area contributed by atoms with Crippen molar-refractivity contribution in [2.45, 2.75) is 13.8 Å². The fraction of sp³-hybridized carbons (Fsp3) is 0.0526. The zero-order chi connectivity index (χ0) is 26.8. The summed E-state index contributed by atoms with van der Waals surface area (Å²) in [7, 11) is 0. The van der Waals surface area contributed by atoms with E-state index in [1.165, 1.54) is 65.9 Å². The molecule has 0 amide bonds. The number of hydrogen-bond donors (Lipinski definition) is 0. The van der Waals surface area contributed by atoms with Crippen molar-refractivity contribution in [1.82, 2.24) is 9.13 Å². The Bertz CT molecular complexity index is 1980. The van der Waals surface area contributed by atoms with Crippen molar-refractivity contribution in [2.24, 2.45) is 0 Å².